The largest absolute Gasteiger partial charge is 0.381 e. The molecule has 2 heteroatoms. The molecule has 13 heavy (non-hydrogen) atoms. The number of ether oxygens (including phenoxy) is 1. The summed E-state index contributed by atoms with van der Waals surface area (Å²) in [6.07, 6.45) is 4.91. The molecular formula is C11H23NO. The van der Waals surface area contributed by atoms with Crippen molar-refractivity contribution >= 4 is 0 Å². The summed E-state index contributed by atoms with van der Waals surface area (Å²) in [4.78, 5) is 0. The molecule has 0 heterocycles. The van der Waals surface area contributed by atoms with E-state index in [1.165, 1.54) is 25.7 Å². The molecule has 0 amide bonds. The first-order chi connectivity index (χ1) is 6.18. The maximum atomic E-state index is 5.83. The van der Waals surface area contributed by atoms with Gasteiger partial charge in [0.1, 0.15) is 0 Å². The molecular weight excluding hydrogens is 162 g/mol. The van der Waals surface area contributed by atoms with Crippen LogP contribution in [0.1, 0.15) is 39.5 Å². The lowest BCUT2D eigenvalue weighted by atomic mass is 9.87. The summed E-state index contributed by atoms with van der Waals surface area (Å²) in [6, 6.07) is 0.460. The van der Waals surface area contributed by atoms with E-state index >= 15 is 0 Å². The van der Waals surface area contributed by atoms with Gasteiger partial charge in [0, 0.05) is 19.3 Å². The van der Waals surface area contributed by atoms with E-state index in [4.69, 9.17) is 10.5 Å². The zero-order valence-corrected chi connectivity index (χ0v) is 8.96. The summed E-state index contributed by atoms with van der Waals surface area (Å²) >= 11 is 0. The van der Waals surface area contributed by atoms with Crippen LogP contribution in [0.2, 0.25) is 0 Å². The molecule has 0 radical (unpaired) electrons. The fraction of sp³-hybridized carbons (Fsp3) is 1.00. The van der Waals surface area contributed by atoms with Crippen molar-refractivity contribution in [2.75, 3.05) is 13.2 Å². The molecule has 0 unspecified atom stereocenters. The minimum Gasteiger partial charge on any atom is -0.381 e. The first-order valence-corrected chi connectivity index (χ1v) is 5.51. The molecule has 0 aromatic carbocycles. The normalized spacial score (nSPS) is 29.5. The number of hydrogen-bond acceptors (Lipinski definition) is 2. The third-order valence-electron chi connectivity index (χ3n) is 2.70. The monoisotopic (exact) mass is 185 g/mol. The Labute approximate surface area is 81.8 Å². The van der Waals surface area contributed by atoms with Gasteiger partial charge in [0.2, 0.25) is 0 Å². The van der Waals surface area contributed by atoms with Crippen LogP contribution in [0.25, 0.3) is 0 Å². The van der Waals surface area contributed by atoms with Crippen LogP contribution >= 0.6 is 0 Å². The molecule has 1 aliphatic rings. The molecule has 0 aliphatic heterocycles. The lowest BCUT2D eigenvalue weighted by Gasteiger charge is -2.26. The van der Waals surface area contributed by atoms with Crippen LogP contribution in [0.3, 0.4) is 0 Å². The summed E-state index contributed by atoms with van der Waals surface area (Å²) in [5, 5.41) is 0. The zero-order chi connectivity index (χ0) is 9.68. The van der Waals surface area contributed by atoms with E-state index in [-0.39, 0.29) is 0 Å². The van der Waals surface area contributed by atoms with Gasteiger partial charge in [0.05, 0.1) is 0 Å². The van der Waals surface area contributed by atoms with Gasteiger partial charge in [0.25, 0.3) is 0 Å². The van der Waals surface area contributed by atoms with Crippen LogP contribution < -0.4 is 5.73 Å². The van der Waals surface area contributed by atoms with E-state index in [1.54, 1.807) is 0 Å². The Bertz CT molecular complexity index is 128. The highest BCUT2D eigenvalue weighted by Gasteiger charge is 2.18. The lowest BCUT2D eigenvalue weighted by Crippen LogP contribution is -2.28. The molecule has 2 N–H and O–H groups in total. The Balaban J connectivity index is 2.02. The average molecular weight is 185 g/mol. The smallest absolute Gasteiger partial charge is 0.0494 e. The topological polar surface area (TPSA) is 35.2 Å². The van der Waals surface area contributed by atoms with Crippen molar-refractivity contribution < 1.29 is 4.74 Å². The number of rotatable bonds is 4. The highest BCUT2D eigenvalue weighted by molar-refractivity contribution is 4.73. The van der Waals surface area contributed by atoms with Crippen molar-refractivity contribution in [2.24, 2.45) is 17.6 Å². The van der Waals surface area contributed by atoms with Gasteiger partial charge in [-0.15, -0.1) is 0 Å². The highest BCUT2D eigenvalue weighted by Crippen LogP contribution is 2.23. The quantitative estimate of drug-likeness (QED) is 0.728. The van der Waals surface area contributed by atoms with Gasteiger partial charge in [-0.25, -0.2) is 0 Å². The van der Waals surface area contributed by atoms with Crippen molar-refractivity contribution in [1.29, 1.82) is 0 Å². The van der Waals surface area contributed by atoms with E-state index in [1.807, 2.05) is 0 Å². The minimum atomic E-state index is 0.460. The highest BCUT2D eigenvalue weighted by atomic mass is 16.5. The average Bonchev–Trinajstić information content (AvgIpc) is 2.08. The standard InChI is InChI=1S/C11H23NO/c1-9(2)7-13-8-10-3-5-11(12)6-4-10/h9-11H,3-8,12H2,1-2H3. The van der Waals surface area contributed by atoms with E-state index in [0.29, 0.717) is 12.0 Å². The van der Waals surface area contributed by atoms with Crippen molar-refractivity contribution in [3.63, 3.8) is 0 Å². The van der Waals surface area contributed by atoms with Gasteiger partial charge in [-0.1, -0.05) is 13.8 Å². The van der Waals surface area contributed by atoms with Gasteiger partial charge >= 0.3 is 0 Å². The van der Waals surface area contributed by atoms with Crippen molar-refractivity contribution in [3.8, 4) is 0 Å². The fourth-order valence-electron chi connectivity index (χ4n) is 1.83. The molecule has 1 fully saturated rings. The molecule has 2 nitrogen and oxygen atoms in total. The van der Waals surface area contributed by atoms with E-state index in [2.05, 4.69) is 13.8 Å². The Morgan fingerprint density at radius 2 is 1.85 bits per heavy atom. The van der Waals surface area contributed by atoms with Crippen LogP contribution in [0.4, 0.5) is 0 Å². The molecule has 1 saturated carbocycles. The Kier molecular flexibility index (Phi) is 4.74. The summed E-state index contributed by atoms with van der Waals surface area (Å²) in [6.45, 7) is 6.24. The molecule has 0 bridgehead atoms. The number of hydrogen-bond donors (Lipinski definition) is 1. The Morgan fingerprint density at radius 1 is 1.23 bits per heavy atom. The van der Waals surface area contributed by atoms with Crippen LogP contribution in [-0.2, 0) is 4.74 Å². The first kappa shape index (κ1) is 11.0. The lowest BCUT2D eigenvalue weighted by molar-refractivity contribution is 0.0659. The molecule has 0 spiro atoms. The summed E-state index contributed by atoms with van der Waals surface area (Å²) in [5.41, 5.74) is 5.83. The number of nitrogens with two attached hydrogens (primary N) is 1. The maximum absolute atomic E-state index is 5.83. The van der Waals surface area contributed by atoms with Crippen molar-refractivity contribution in [1.82, 2.24) is 0 Å². The van der Waals surface area contributed by atoms with Crippen LogP contribution in [0.15, 0.2) is 0 Å². The van der Waals surface area contributed by atoms with E-state index in [0.717, 1.165) is 19.1 Å². The van der Waals surface area contributed by atoms with Crippen LogP contribution in [-0.4, -0.2) is 19.3 Å². The predicted octanol–water partition coefficient (Wildman–Crippen LogP) is 2.18. The van der Waals surface area contributed by atoms with E-state index in [9.17, 15) is 0 Å². The summed E-state index contributed by atoms with van der Waals surface area (Å²) < 4.78 is 5.63. The SMILES string of the molecule is CC(C)COCC1CCC(N)CC1. The van der Waals surface area contributed by atoms with Gasteiger partial charge in [-0.3, -0.25) is 0 Å². The Hall–Kier alpha value is -0.0800. The third-order valence-corrected chi connectivity index (χ3v) is 2.70. The molecule has 1 rings (SSSR count). The van der Waals surface area contributed by atoms with Gasteiger partial charge in [0.15, 0.2) is 0 Å². The molecule has 1 aliphatic carbocycles. The van der Waals surface area contributed by atoms with Crippen LogP contribution in [0.5, 0.6) is 0 Å². The molecule has 78 valence electrons. The second kappa shape index (κ2) is 5.61. The molecule has 0 aromatic heterocycles. The predicted molar refractivity (Wildman–Crippen MR) is 55.6 cm³/mol. The van der Waals surface area contributed by atoms with Gasteiger partial charge < -0.3 is 10.5 Å². The van der Waals surface area contributed by atoms with Gasteiger partial charge in [-0.05, 0) is 37.5 Å². The Morgan fingerprint density at radius 3 is 2.38 bits per heavy atom. The van der Waals surface area contributed by atoms with Crippen molar-refractivity contribution in [2.45, 2.75) is 45.6 Å². The second-order valence-corrected chi connectivity index (χ2v) is 4.71. The van der Waals surface area contributed by atoms with Crippen LogP contribution in [0, 0.1) is 11.8 Å². The molecule has 0 atom stereocenters. The second-order valence-electron chi connectivity index (χ2n) is 4.71. The summed E-state index contributed by atoms with van der Waals surface area (Å²) in [7, 11) is 0. The fourth-order valence-corrected chi connectivity index (χ4v) is 1.83. The zero-order valence-electron chi connectivity index (χ0n) is 8.96. The first-order valence-electron chi connectivity index (χ1n) is 5.51. The van der Waals surface area contributed by atoms with Crippen molar-refractivity contribution in [3.05, 3.63) is 0 Å². The minimum absolute atomic E-state index is 0.460. The van der Waals surface area contributed by atoms with Gasteiger partial charge in [-0.2, -0.15) is 0 Å². The molecule has 0 saturated heterocycles. The molecule has 0 aromatic rings. The third kappa shape index (κ3) is 4.63. The maximum Gasteiger partial charge on any atom is 0.0494 e. The summed E-state index contributed by atoms with van der Waals surface area (Å²) in [5.74, 6) is 1.43. The van der Waals surface area contributed by atoms with E-state index < -0.39 is 0 Å².